The normalized spacial score (nSPS) is 18.7. The van der Waals surface area contributed by atoms with Gasteiger partial charge in [-0.3, -0.25) is 4.99 Å². The molecule has 0 spiro atoms. The van der Waals surface area contributed by atoms with Gasteiger partial charge < -0.3 is 5.11 Å². The Labute approximate surface area is 233 Å². The van der Waals surface area contributed by atoms with Crippen molar-refractivity contribution in [3.8, 4) is 5.75 Å². The maximum absolute atomic E-state index is 13.5. The van der Waals surface area contributed by atoms with Crippen LogP contribution in [0, 0.1) is 0 Å². The Balaban J connectivity index is 0.00000254. The number of benzene rings is 2. The number of phenolic OH excluding ortho intramolecular Hbond substituents is 1. The van der Waals surface area contributed by atoms with Crippen LogP contribution in [0.3, 0.4) is 0 Å². The minimum absolute atomic E-state index is 0.0476. The van der Waals surface area contributed by atoms with E-state index in [9.17, 15) is 63.4 Å². The fraction of sp³-hybridized carbons (Fsp3) is 0.235. The molecule has 0 unspecified atom stereocenters. The van der Waals surface area contributed by atoms with Gasteiger partial charge in [-0.25, -0.2) is 0 Å². The molecule has 1 N–H and O–H groups in total. The van der Waals surface area contributed by atoms with E-state index in [0.29, 0.717) is 0 Å². The van der Waals surface area contributed by atoms with Crippen molar-refractivity contribution < 1.29 is 80.4 Å². The number of phenols is 1. The van der Waals surface area contributed by atoms with Gasteiger partial charge in [0.2, 0.25) is 0 Å². The Kier molecular flexibility index (Phi) is 7.85. The molecule has 0 bridgehead atoms. The Bertz CT molecular complexity index is 1320. The molecule has 0 aliphatic rings. The van der Waals surface area contributed by atoms with Crippen LogP contribution in [-0.4, -0.2) is 11.3 Å². The molecule has 0 aliphatic heterocycles. The Morgan fingerprint density at radius 3 is 1.40 bits per heavy atom. The number of hydrogen-bond donors (Lipinski definition) is 1. The molecule has 23 heteroatoms. The van der Waals surface area contributed by atoms with E-state index in [-0.39, 0.29) is 11.8 Å². The van der Waals surface area contributed by atoms with E-state index in [2.05, 4.69) is 4.99 Å². The van der Waals surface area contributed by atoms with Crippen molar-refractivity contribution in [2.24, 2.45) is 4.99 Å². The summed E-state index contributed by atoms with van der Waals surface area (Å²) in [5.74, 6) is -0.912. The van der Waals surface area contributed by atoms with Crippen LogP contribution < -0.4 is 0 Å². The summed E-state index contributed by atoms with van der Waals surface area (Å²) in [6.45, 7) is 4.38. The summed E-state index contributed by atoms with van der Waals surface area (Å²) in [6, 6.07) is -1.20. The molecular formula is C17H16Cl2F15NOS3Ti. The Hall–Kier alpha value is -0.796. The Morgan fingerprint density at radius 2 is 1.10 bits per heavy atom. The van der Waals surface area contributed by atoms with Gasteiger partial charge in [0.05, 0.1) is 0 Å². The molecule has 236 valence electrons. The summed E-state index contributed by atoms with van der Waals surface area (Å²) in [6.07, 6.45) is -0.237. The van der Waals surface area contributed by atoms with E-state index in [1.54, 1.807) is 0 Å². The van der Waals surface area contributed by atoms with Gasteiger partial charge in [0.15, 0.2) is 0 Å². The van der Waals surface area contributed by atoms with Gasteiger partial charge in [0, 0.05) is 11.8 Å². The van der Waals surface area contributed by atoms with Gasteiger partial charge in [-0.05, 0) is 29.2 Å². The molecule has 0 saturated heterocycles. The third kappa shape index (κ3) is 9.89. The third-order valence-corrected chi connectivity index (χ3v) is 7.91. The minimum atomic E-state index is -11.9. The molecule has 0 amide bonds. The second-order valence-electron chi connectivity index (χ2n) is 9.00. The van der Waals surface area contributed by atoms with Gasteiger partial charge in [-0.1, -0.05) is 91.2 Å². The SMILES string of the molecule is CC(C)(C)c1cccc(C=Nc2c(S(F)(F)(F)(F)F)cc(S(F)(F)(F)(F)F)cc2S(F)(F)(F)(F)F)c1O.[Cl][Ti][Cl]. The van der Waals surface area contributed by atoms with Crippen molar-refractivity contribution in [1.29, 1.82) is 0 Å². The predicted octanol–water partition coefficient (Wildman–Crippen LogP) is 13.8. The first-order valence-electron chi connectivity index (χ1n) is 9.45. The van der Waals surface area contributed by atoms with Crippen LogP contribution in [0.2, 0.25) is 0 Å². The number of nitrogens with zero attached hydrogens (tertiary/aromatic N) is 1. The van der Waals surface area contributed by atoms with Gasteiger partial charge in [-0.15, -0.1) is 0 Å². The molecule has 40 heavy (non-hydrogen) atoms. The third-order valence-electron chi connectivity index (χ3n) is 4.50. The summed E-state index contributed by atoms with van der Waals surface area (Å²) < 4.78 is 201. The van der Waals surface area contributed by atoms with Crippen molar-refractivity contribution in [3.05, 3.63) is 41.5 Å². The maximum atomic E-state index is 13.5. The van der Waals surface area contributed by atoms with Crippen LogP contribution in [0.15, 0.2) is 50.0 Å². The molecular weight excluding hydrogens is 734 g/mol. The van der Waals surface area contributed by atoms with Crippen LogP contribution in [0.25, 0.3) is 0 Å². The second-order valence-corrected chi connectivity index (χ2v) is 18.7. The molecule has 0 atom stereocenters. The fourth-order valence-electron chi connectivity index (χ4n) is 2.90. The van der Waals surface area contributed by atoms with Crippen LogP contribution in [0.4, 0.5) is 64.0 Å². The van der Waals surface area contributed by atoms with Gasteiger partial charge in [-0.2, -0.15) is 0 Å². The van der Waals surface area contributed by atoms with Crippen LogP contribution in [-0.2, 0) is 22.4 Å². The molecule has 0 heterocycles. The van der Waals surface area contributed by atoms with Crippen LogP contribution in [0.1, 0.15) is 31.9 Å². The number of aliphatic imine (C=N–C) groups is 1. The van der Waals surface area contributed by atoms with Crippen molar-refractivity contribution in [1.82, 2.24) is 0 Å². The molecule has 2 nitrogen and oxygen atoms in total. The fourth-order valence-corrected chi connectivity index (χ4v) is 5.55. The van der Waals surface area contributed by atoms with Crippen molar-refractivity contribution >= 4 is 61.2 Å². The molecule has 2 aromatic rings. The zero-order valence-electron chi connectivity index (χ0n) is 19.5. The average Bonchev–Trinajstić information content (AvgIpc) is 2.60. The van der Waals surface area contributed by atoms with E-state index in [4.69, 9.17) is 18.6 Å². The van der Waals surface area contributed by atoms with Crippen molar-refractivity contribution in [3.63, 3.8) is 0 Å². The van der Waals surface area contributed by atoms with Crippen LogP contribution >= 0.6 is 49.3 Å². The van der Waals surface area contributed by atoms with E-state index < -0.39 is 96.9 Å². The summed E-state index contributed by atoms with van der Waals surface area (Å²) in [4.78, 5) is -10.7. The summed E-state index contributed by atoms with van der Waals surface area (Å²) in [7, 11) is -25.7. The number of para-hydroxylation sites is 1. The summed E-state index contributed by atoms with van der Waals surface area (Å²) in [5.41, 5.74) is -5.33. The molecule has 0 fully saturated rings. The predicted molar refractivity (Wildman–Crippen MR) is 126 cm³/mol. The number of halogens is 17. The average molecular weight is 750 g/mol. The van der Waals surface area contributed by atoms with E-state index in [1.165, 1.54) is 26.8 Å². The number of rotatable bonds is 5. The first kappa shape index (κ1) is 37.2. The summed E-state index contributed by atoms with van der Waals surface area (Å²) >= 11 is -0.556. The second kappa shape index (κ2) is 8.43. The summed E-state index contributed by atoms with van der Waals surface area (Å²) in [5, 5.41) is 10.2. The van der Waals surface area contributed by atoms with E-state index >= 15 is 0 Å². The molecule has 0 radical (unpaired) electrons. The van der Waals surface area contributed by atoms with Gasteiger partial charge in [0.25, 0.3) is 0 Å². The van der Waals surface area contributed by atoms with Crippen LogP contribution in [0.5, 0.6) is 5.75 Å². The molecule has 0 aliphatic carbocycles. The molecule has 2 rings (SSSR count). The van der Waals surface area contributed by atoms with Gasteiger partial charge >= 0.3 is 66.3 Å². The first-order chi connectivity index (χ1) is 16.7. The standard InChI is InChI=1S/C17H16F15NOS3.2ClH.Ti/c1-17(2,3)12-6-4-5-10(16(12)34)9-33-15-13(36(23,24,25,26)27)7-11(35(18,19,20,21)22)8-14(15)37(28,29,30,31)32;;;/h4-9,34H,1-3H3;2*1H;/q;;;+2/p-2. The monoisotopic (exact) mass is 749 g/mol. The first-order valence-corrected chi connectivity index (χ1v) is 19.6. The zero-order valence-corrected chi connectivity index (χ0v) is 25.0. The number of hydrogen-bond acceptors (Lipinski definition) is 2. The van der Waals surface area contributed by atoms with E-state index in [1.807, 2.05) is 0 Å². The van der Waals surface area contributed by atoms with Crippen molar-refractivity contribution in [2.75, 3.05) is 0 Å². The number of aromatic hydroxyl groups is 1. The molecule has 2 aromatic carbocycles. The van der Waals surface area contributed by atoms with E-state index in [0.717, 1.165) is 12.1 Å². The molecule has 0 aromatic heterocycles. The molecule has 0 saturated carbocycles. The quantitative estimate of drug-likeness (QED) is 0.184. The Morgan fingerprint density at radius 1 is 0.725 bits per heavy atom. The van der Waals surface area contributed by atoms with Gasteiger partial charge in [0.1, 0.15) is 26.1 Å². The van der Waals surface area contributed by atoms with Crippen molar-refractivity contribution in [2.45, 2.75) is 40.9 Å². The topological polar surface area (TPSA) is 32.6 Å². The zero-order chi connectivity index (χ0) is 32.4.